The fraction of sp³-hybridized carbons (Fsp3) is 1.00. The van der Waals surface area contributed by atoms with Crippen LogP contribution in [0.2, 0.25) is 0 Å². The molecule has 0 fully saturated rings. The Hall–Kier alpha value is 1.75. The van der Waals surface area contributed by atoms with Gasteiger partial charge in [-0.05, 0) is 18.8 Å². The first-order chi connectivity index (χ1) is 11.0. The monoisotopic (exact) mass is 390 g/mol. The first-order valence-corrected chi connectivity index (χ1v) is 11.2. The molecule has 0 aromatic heterocycles. The third-order valence-corrected chi connectivity index (χ3v) is 4.90. The van der Waals surface area contributed by atoms with Crippen molar-refractivity contribution < 1.29 is 71.7 Å². The normalized spacial score (nSPS) is 12.8. The average molecular weight is 391 g/mol. The van der Waals surface area contributed by atoms with Gasteiger partial charge >= 0.3 is 59.2 Å². The van der Waals surface area contributed by atoms with Gasteiger partial charge in [-0.3, -0.25) is 4.52 Å². The summed E-state index contributed by atoms with van der Waals surface area (Å²) in [6.07, 6.45) is 17.1. The van der Waals surface area contributed by atoms with Crippen LogP contribution in [-0.4, -0.2) is 16.4 Å². The van der Waals surface area contributed by atoms with Gasteiger partial charge in [0, 0.05) is 0 Å². The van der Waals surface area contributed by atoms with Crippen LogP contribution in [0.3, 0.4) is 0 Å². The molecule has 0 bridgehead atoms. The van der Waals surface area contributed by atoms with Gasteiger partial charge in [0.2, 0.25) is 0 Å². The molecular formula is C18H40KO4P. The molecule has 0 aromatic carbocycles. The second kappa shape index (κ2) is 19.5. The van der Waals surface area contributed by atoms with Gasteiger partial charge in [-0.1, -0.05) is 90.9 Å². The molecule has 0 aliphatic heterocycles. The van der Waals surface area contributed by atoms with Crippen LogP contribution in [0.5, 0.6) is 0 Å². The van der Waals surface area contributed by atoms with E-state index in [1.54, 1.807) is 0 Å². The smallest absolute Gasteiger partial charge is 1.00 e. The van der Waals surface area contributed by atoms with Gasteiger partial charge in [-0.2, -0.15) is 0 Å². The van der Waals surface area contributed by atoms with Crippen molar-refractivity contribution in [1.29, 1.82) is 0 Å². The van der Waals surface area contributed by atoms with E-state index < -0.39 is 7.82 Å². The first-order valence-electron chi connectivity index (χ1n) is 9.69. The van der Waals surface area contributed by atoms with Gasteiger partial charge in [-0.25, -0.2) is 4.57 Å². The molecule has 2 N–H and O–H groups in total. The third-order valence-electron chi connectivity index (χ3n) is 4.41. The summed E-state index contributed by atoms with van der Waals surface area (Å²) in [5.41, 5.74) is 0. The molecule has 0 aromatic rings. The predicted octanol–water partition coefficient (Wildman–Crippen LogP) is 3.33. The van der Waals surface area contributed by atoms with Crippen LogP contribution in [0.1, 0.15) is 105 Å². The summed E-state index contributed by atoms with van der Waals surface area (Å²) in [7, 11) is -4.33. The Labute approximate surface area is 194 Å². The van der Waals surface area contributed by atoms with Crippen LogP contribution >= 0.6 is 7.82 Å². The van der Waals surface area contributed by atoms with E-state index in [1.165, 1.54) is 64.2 Å². The van der Waals surface area contributed by atoms with Crippen molar-refractivity contribution in [2.24, 2.45) is 5.92 Å². The van der Waals surface area contributed by atoms with Crippen molar-refractivity contribution in [3.8, 4) is 0 Å². The molecule has 0 heterocycles. The molecule has 0 saturated carbocycles. The Morgan fingerprint density at radius 3 is 1.54 bits per heavy atom. The van der Waals surface area contributed by atoms with E-state index in [0.29, 0.717) is 5.92 Å². The zero-order valence-corrected chi connectivity index (χ0v) is 20.4. The zero-order chi connectivity index (χ0) is 17.4. The van der Waals surface area contributed by atoms with E-state index >= 15 is 0 Å². The van der Waals surface area contributed by atoms with Crippen molar-refractivity contribution in [1.82, 2.24) is 0 Å². The number of phosphoric acid groups is 1. The SMILES string of the molecule is CCCCCCCCCC(CCCCCCC)COP(=O)(O)O.[H-].[K+]. The van der Waals surface area contributed by atoms with Gasteiger partial charge in [0.15, 0.2) is 0 Å². The molecule has 24 heavy (non-hydrogen) atoms. The van der Waals surface area contributed by atoms with Crippen LogP contribution in [0.25, 0.3) is 0 Å². The largest absolute Gasteiger partial charge is 1.00 e. The van der Waals surface area contributed by atoms with Crippen molar-refractivity contribution >= 4 is 7.82 Å². The van der Waals surface area contributed by atoms with E-state index in [-0.39, 0.29) is 59.4 Å². The second-order valence-corrected chi connectivity index (χ2v) is 8.00. The van der Waals surface area contributed by atoms with Crippen LogP contribution in [0, 0.1) is 5.92 Å². The Balaban J connectivity index is -0.00000242. The molecule has 142 valence electrons. The van der Waals surface area contributed by atoms with Gasteiger partial charge in [0.05, 0.1) is 6.61 Å². The minimum atomic E-state index is -4.33. The van der Waals surface area contributed by atoms with Gasteiger partial charge in [0.1, 0.15) is 0 Å². The second-order valence-electron chi connectivity index (χ2n) is 6.77. The fourth-order valence-electron chi connectivity index (χ4n) is 2.94. The number of hydrogen-bond donors (Lipinski definition) is 2. The van der Waals surface area contributed by atoms with Gasteiger partial charge in [0.25, 0.3) is 0 Å². The Bertz CT molecular complexity index is 303. The maximum absolute atomic E-state index is 10.9. The summed E-state index contributed by atoms with van der Waals surface area (Å²) in [6.45, 7) is 4.64. The quantitative estimate of drug-likeness (QED) is 0.227. The summed E-state index contributed by atoms with van der Waals surface area (Å²) < 4.78 is 15.6. The number of unbranched alkanes of at least 4 members (excludes halogenated alkanes) is 10. The van der Waals surface area contributed by atoms with Crippen LogP contribution in [0.15, 0.2) is 0 Å². The first kappa shape index (κ1) is 28.0. The van der Waals surface area contributed by atoms with E-state index in [2.05, 4.69) is 13.8 Å². The van der Waals surface area contributed by atoms with Crippen LogP contribution in [0.4, 0.5) is 0 Å². The topological polar surface area (TPSA) is 66.8 Å². The zero-order valence-electron chi connectivity index (χ0n) is 17.3. The summed E-state index contributed by atoms with van der Waals surface area (Å²) >= 11 is 0. The molecule has 1 unspecified atom stereocenters. The van der Waals surface area contributed by atoms with Gasteiger partial charge < -0.3 is 11.2 Å². The Morgan fingerprint density at radius 2 is 1.17 bits per heavy atom. The van der Waals surface area contributed by atoms with Crippen molar-refractivity contribution in [2.45, 2.75) is 104 Å². The maximum Gasteiger partial charge on any atom is 1.00 e. The Kier molecular flexibility index (Phi) is 22.7. The van der Waals surface area contributed by atoms with Gasteiger partial charge in [-0.15, -0.1) is 0 Å². The van der Waals surface area contributed by atoms with E-state index in [1.807, 2.05) is 0 Å². The molecule has 0 amide bonds. The van der Waals surface area contributed by atoms with E-state index in [0.717, 1.165) is 25.7 Å². The van der Waals surface area contributed by atoms with Crippen LogP contribution < -0.4 is 51.4 Å². The standard InChI is InChI=1S/C18H39O4P.K.H/c1-3-5-7-9-10-12-14-16-18(17-22-23(19,20)21)15-13-11-8-6-4-2;;/h18H,3-17H2,1-2H3,(H2,19,20,21);;/q;+1;-1. The summed E-state index contributed by atoms with van der Waals surface area (Å²) in [5.74, 6) is 0.292. The molecule has 0 aliphatic rings. The summed E-state index contributed by atoms with van der Waals surface area (Å²) in [5, 5.41) is 0. The maximum atomic E-state index is 10.9. The average Bonchev–Trinajstić information content (AvgIpc) is 2.49. The Morgan fingerprint density at radius 1 is 0.792 bits per heavy atom. The molecule has 0 rings (SSSR count). The fourth-order valence-corrected chi connectivity index (χ4v) is 3.35. The molecule has 0 aliphatic carbocycles. The van der Waals surface area contributed by atoms with Crippen molar-refractivity contribution in [3.63, 3.8) is 0 Å². The van der Waals surface area contributed by atoms with Crippen molar-refractivity contribution in [3.05, 3.63) is 0 Å². The minimum absolute atomic E-state index is 0. The number of hydrogen-bond acceptors (Lipinski definition) is 2. The summed E-state index contributed by atoms with van der Waals surface area (Å²) in [6, 6.07) is 0. The van der Waals surface area contributed by atoms with E-state index in [4.69, 9.17) is 14.3 Å². The minimum Gasteiger partial charge on any atom is -1.00 e. The molecular weight excluding hydrogens is 350 g/mol. The predicted molar refractivity (Wildman–Crippen MR) is 98.6 cm³/mol. The number of phosphoric ester groups is 1. The third kappa shape index (κ3) is 21.8. The van der Waals surface area contributed by atoms with E-state index in [9.17, 15) is 4.57 Å². The molecule has 4 nitrogen and oxygen atoms in total. The summed E-state index contributed by atoms with van der Waals surface area (Å²) in [4.78, 5) is 17.8. The number of rotatable bonds is 17. The molecule has 0 saturated heterocycles. The van der Waals surface area contributed by atoms with Crippen LogP contribution in [-0.2, 0) is 9.09 Å². The molecule has 0 radical (unpaired) electrons. The van der Waals surface area contributed by atoms with Crippen molar-refractivity contribution in [2.75, 3.05) is 6.61 Å². The molecule has 6 heteroatoms. The molecule has 0 spiro atoms. The molecule has 1 atom stereocenters.